The minimum absolute atomic E-state index is 0.274. The number of nitrogens with zero attached hydrogens (tertiary/aromatic N) is 3. The van der Waals surface area contributed by atoms with Crippen LogP contribution in [0.3, 0.4) is 0 Å². The SMILES string of the molecule is Fc1ccc([C@]2(c3noc(-c4ccc5nc[nH]c5c4)n3)CCOC2)cc1. The lowest BCUT2D eigenvalue weighted by atomic mass is 9.79. The molecule has 2 aromatic carbocycles. The second-order valence-corrected chi connectivity index (χ2v) is 6.45. The second kappa shape index (κ2) is 5.74. The van der Waals surface area contributed by atoms with Gasteiger partial charge in [0, 0.05) is 12.2 Å². The van der Waals surface area contributed by atoms with E-state index in [1.165, 1.54) is 12.1 Å². The summed E-state index contributed by atoms with van der Waals surface area (Å²) in [7, 11) is 0. The molecule has 1 aliphatic heterocycles. The smallest absolute Gasteiger partial charge is 0.258 e. The molecule has 1 saturated heterocycles. The highest BCUT2D eigenvalue weighted by molar-refractivity contribution is 5.79. The number of aromatic nitrogens is 4. The molecule has 7 heteroatoms. The van der Waals surface area contributed by atoms with Gasteiger partial charge in [-0.2, -0.15) is 4.98 Å². The average Bonchev–Trinajstić information content (AvgIpc) is 3.41. The summed E-state index contributed by atoms with van der Waals surface area (Å²) in [4.78, 5) is 11.9. The molecule has 0 amide bonds. The predicted molar refractivity (Wildman–Crippen MR) is 92.0 cm³/mol. The van der Waals surface area contributed by atoms with Gasteiger partial charge in [-0.1, -0.05) is 17.3 Å². The summed E-state index contributed by atoms with van der Waals surface area (Å²) in [5.74, 6) is 0.718. The summed E-state index contributed by atoms with van der Waals surface area (Å²) >= 11 is 0. The van der Waals surface area contributed by atoms with Crippen molar-refractivity contribution in [1.29, 1.82) is 0 Å². The van der Waals surface area contributed by atoms with Crippen LogP contribution in [0.1, 0.15) is 17.8 Å². The maximum atomic E-state index is 13.3. The van der Waals surface area contributed by atoms with Crippen LogP contribution in [0.15, 0.2) is 53.3 Å². The summed E-state index contributed by atoms with van der Waals surface area (Å²) in [6.45, 7) is 1.04. The van der Waals surface area contributed by atoms with E-state index < -0.39 is 5.41 Å². The van der Waals surface area contributed by atoms with Gasteiger partial charge in [-0.25, -0.2) is 9.37 Å². The Balaban J connectivity index is 1.57. The first-order valence-electron chi connectivity index (χ1n) is 8.36. The third kappa shape index (κ3) is 2.32. The van der Waals surface area contributed by atoms with E-state index in [9.17, 15) is 4.39 Å². The normalized spacial score (nSPS) is 20.0. The van der Waals surface area contributed by atoms with Crippen molar-refractivity contribution in [2.24, 2.45) is 0 Å². The highest BCUT2D eigenvalue weighted by Gasteiger charge is 2.43. The van der Waals surface area contributed by atoms with Crippen molar-refractivity contribution in [3.05, 3.63) is 66.0 Å². The Hall–Kier alpha value is -3.06. The number of H-pyrrole nitrogens is 1. The summed E-state index contributed by atoms with van der Waals surface area (Å²) < 4.78 is 24.5. The molecule has 0 bridgehead atoms. The van der Waals surface area contributed by atoms with Crippen molar-refractivity contribution < 1.29 is 13.7 Å². The van der Waals surface area contributed by atoms with E-state index in [0.717, 1.165) is 28.6 Å². The van der Waals surface area contributed by atoms with Crippen LogP contribution in [0.5, 0.6) is 0 Å². The zero-order chi connectivity index (χ0) is 17.6. The highest BCUT2D eigenvalue weighted by atomic mass is 19.1. The number of hydrogen-bond donors (Lipinski definition) is 1. The molecule has 26 heavy (non-hydrogen) atoms. The molecule has 1 atom stereocenters. The molecule has 1 fully saturated rings. The number of rotatable bonds is 3. The molecule has 2 aromatic heterocycles. The Morgan fingerprint density at radius 3 is 2.81 bits per heavy atom. The molecular weight excluding hydrogens is 335 g/mol. The number of hydrogen-bond acceptors (Lipinski definition) is 5. The van der Waals surface area contributed by atoms with Crippen LogP contribution in [-0.2, 0) is 10.2 Å². The topological polar surface area (TPSA) is 76.8 Å². The van der Waals surface area contributed by atoms with Gasteiger partial charge in [-0.3, -0.25) is 0 Å². The molecule has 130 valence electrons. The lowest BCUT2D eigenvalue weighted by Crippen LogP contribution is -2.29. The van der Waals surface area contributed by atoms with Crippen molar-refractivity contribution in [2.45, 2.75) is 11.8 Å². The molecule has 0 spiro atoms. The maximum Gasteiger partial charge on any atom is 0.258 e. The van der Waals surface area contributed by atoms with Gasteiger partial charge in [0.25, 0.3) is 5.89 Å². The monoisotopic (exact) mass is 350 g/mol. The molecule has 0 aliphatic carbocycles. The lowest BCUT2D eigenvalue weighted by molar-refractivity contribution is 0.182. The zero-order valence-corrected chi connectivity index (χ0v) is 13.8. The van der Waals surface area contributed by atoms with E-state index in [0.29, 0.717) is 24.9 Å². The highest BCUT2D eigenvalue weighted by Crippen LogP contribution is 2.39. The lowest BCUT2D eigenvalue weighted by Gasteiger charge is -2.23. The first-order chi connectivity index (χ1) is 12.7. The molecular formula is C19H15FN4O2. The first-order valence-corrected chi connectivity index (χ1v) is 8.36. The Bertz CT molecular complexity index is 1060. The molecule has 0 saturated carbocycles. The number of aromatic amines is 1. The van der Waals surface area contributed by atoms with Crippen LogP contribution in [0.25, 0.3) is 22.5 Å². The van der Waals surface area contributed by atoms with E-state index in [-0.39, 0.29) is 5.82 Å². The zero-order valence-electron chi connectivity index (χ0n) is 13.8. The number of imidazole rings is 1. The van der Waals surface area contributed by atoms with E-state index in [4.69, 9.17) is 9.26 Å². The fourth-order valence-electron chi connectivity index (χ4n) is 3.47. The summed E-state index contributed by atoms with van der Waals surface area (Å²) in [6, 6.07) is 12.1. The van der Waals surface area contributed by atoms with Crippen molar-refractivity contribution in [3.8, 4) is 11.5 Å². The van der Waals surface area contributed by atoms with Gasteiger partial charge >= 0.3 is 0 Å². The third-order valence-electron chi connectivity index (χ3n) is 4.94. The van der Waals surface area contributed by atoms with E-state index in [2.05, 4.69) is 20.1 Å². The Morgan fingerprint density at radius 2 is 2.00 bits per heavy atom. The Labute approximate surface area is 148 Å². The van der Waals surface area contributed by atoms with Crippen molar-refractivity contribution >= 4 is 11.0 Å². The number of benzene rings is 2. The van der Waals surface area contributed by atoms with Crippen LogP contribution in [0.2, 0.25) is 0 Å². The number of fused-ring (bicyclic) bond motifs is 1. The molecule has 1 aliphatic rings. The third-order valence-corrected chi connectivity index (χ3v) is 4.94. The molecule has 0 radical (unpaired) electrons. The van der Waals surface area contributed by atoms with Gasteiger partial charge in [-0.05, 0) is 42.3 Å². The quantitative estimate of drug-likeness (QED) is 0.612. The Morgan fingerprint density at radius 1 is 1.12 bits per heavy atom. The van der Waals surface area contributed by atoms with Gasteiger partial charge in [0.15, 0.2) is 5.82 Å². The number of ether oxygens (including phenoxy) is 1. The maximum absolute atomic E-state index is 13.3. The first kappa shape index (κ1) is 15.2. The largest absolute Gasteiger partial charge is 0.380 e. The van der Waals surface area contributed by atoms with Crippen LogP contribution in [0, 0.1) is 5.82 Å². The minimum Gasteiger partial charge on any atom is -0.380 e. The second-order valence-electron chi connectivity index (χ2n) is 6.45. The number of nitrogens with one attached hydrogen (secondary N) is 1. The summed E-state index contributed by atoms with van der Waals surface area (Å²) in [5.41, 5.74) is 3.00. The van der Waals surface area contributed by atoms with Crippen molar-refractivity contribution in [1.82, 2.24) is 20.1 Å². The van der Waals surface area contributed by atoms with Gasteiger partial charge in [0.2, 0.25) is 0 Å². The van der Waals surface area contributed by atoms with E-state index >= 15 is 0 Å². The van der Waals surface area contributed by atoms with Crippen LogP contribution < -0.4 is 0 Å². The predicted octanol–water partition coefficient (Wildman–Crippen LogP) is 3.46. The van der Waals surface area contributed by atoms with Gasteiger partial charge < -0.3 is 14.2 Å². The van der Waals surface area contributed by atoms with Gasteiger partial charge in [-0.15, -0.1) is 0 Å². The van der Waals surface area contributed by atoms with Crippen LogP contribution in [-0.4, -0.2) is 33.3 Å². The van der Waals surface area contributed by atoms with Crippen molar-refractivity contribution in [3.63, 3.8) is 0 Å². The minimum atomic E-state index is -0.520. The molecule has 3 heterocycles. The summed E-state index contributed by atoms with van der Waals surface area (Å²) in [6.07, 6.45) is 2.37. The van der Waals surface area contributed by atoms with Gasteiger partial charge in [0.05, 0.1) is 29.4 Å². The van der Waals surface area contributed by atoms with E-state index in [1.807, 2.05) is 18.2 Å². The van der Waals surface area contributed by atoms with Gasteiger partial charge in [0.1, 0.15) is 5.82 Å². The Kier molecular flexibility index (Phi) is 3.36. The molecule has 5 rings (SSSR count). The molecule has 1 N–H and O–H groups in total. The molecule has 4 aromatic rings. The standard InChI is InChI=1S/C19H15FN4O2/c20-14-4-2-13(3-5-14)19(7-8-25-10-19)18-23-17(26-24-18)12-1-6-15-16(9-12)22-11-21-15/h1-6,9,11H,7-8,10H2,(H,21,22)/t19-/m0/s1. The molecule has 6 nitrogen and oxygen atoms in total. The van der Waals surface area contributed by atoms with Crippen molar-refractivity contribution in [2.75, 3.05) is 13.2 Å². The molecule has 0 unspecified atom stereocenters. The average molecular weight is 350 g/mol. The fraction of sp³-hybridized carbons (Fsp3) is 0.211. The van der Waals surface area contributed by atoms with Crippen LogP contribution in [0.4, 0.5) is 4.39 Å². The fourth-order valence-corrected chi connectivity index (χ4v) is 3.47. The van der Waals surface area contributed by atoms with E-state index in [1.54, 1.807) is 18.5 Å². The van der Waals surface area contributed by atoms with Crippen LogP contribution >= 0.6 is 0 Å². The number of halogens is 1. The summed E-state index contributed by atoms with van der Waals surface area (Å²) in [5, 5.41) is 4.23.